The Bertz CT molecular complexity index is 989. The van der Waals surface area contributed by atoms with E-state index in [1.165, 1.54) is 6.26 Å². The molecule has 2 unspecified atom stereocenters. The van der Waals surface area contributed by atoms with Gasteiger partial charge in [-0.25, -0.2) is 13.5 Å². The topological polar surface area (TPSA) is 111 Å². The fourth-order valence-electron chi connectivity index (χ4n) is 4.83. The highest BCUT2D eigenvalue weighted by Gasteiger charge is 2.40. The summed E-state index contributed by atoms with van der Waals surface area (Å²) >= 11 is 6.05. The molecule has 0 aliphatic carbocycles. The molecule has 2 aliphatic rings. The first-order chi connectivity index (χ1) is 14.7. The van der Waals surface area contributed by atoms with Crippen molar-refractivity contribution < 1.29 is 8.42 Å². The first-order valence-corrected chi connectivity index (χ1v) is 12.8. The van der Waals surface area contributed by atoms with Crippen LogP contribution in [0.15, 0.2) is 24.3 Å². The second-order valence-electron chi connectivity index (χ2n) is 8.60. The minimum Gasteiger partial charge on any atom is -0.368 e. The molecule has 3 N–H and O–H groups in total. The van der Waals surface area contributed by atoms with Gasteiger partial charge in [-0.1, -0.05) is 23.7 Å². The number of nitrogens with two attached hydrogens (primary N) is 1. The van der Waals surface area contributed by atoms with Gasteiger partial charge < -0.3 is 10.6 Å². The maximum Gasteiger partial charge on any atom is 0.246 e. The molecule has 2 aliphatic heterocycles. The highest BCUT2D eigenvalue weighted by Crippen LogP contribution is 2.28. The average Bonchev–Trinajstić information content (AvgIpc) is 3.16. The van der Waals surface area contributed by atoms with Gasteiger partial charge in [0.05, 0.1) is 6.26 Å². The van der Waals surface area contributed by atoms with Crippen LogP contribution in [0.1, 0.15) is 25.3 Å². The number of piperazine rings is 1. The number of hydrogen-bond donors (Lipinski definition) is 2. The molecule has 170 valence electrons. The molecule has 1 aromatic carbocycles. The van der Waals surface area contributed by atoms with E-state index in [0.29, 0.717) is 29.5 Å². The SMILES string of the molecule is CC1CN(C2CCN(c3n[nH]c(N)n3)CC2)C(Cc2ccc(Cl)cc2)CN1S(C)(=O)=O. The van der Waals surface area contributed by atoms with Crippen LogP contribution in [0.5, 0.6) is 0 Å². The van der Waals surface area contributed by atoms with Crippen molar-refractivity contribution in [2.75, 3.05) is 43.1 Å². The lowest BCUT2D eigenvalue weighted by Crippen LogP contribution is -2.63. The molecule has 2 saturated heterocycles. The van der Waals surface area contributed by atoms with E-state index in [9.17, 15) is 8.42 Å². The van der Waals surface area contributed by atoms with Crippen LogP contribution in [0, 0.1) is 0 Å². The standard InChI is InChI=1S/C20H30ClN7O2S/c1-14-12-27(17-7-9-26(10-8-17)20-23-19(22)24-25-20)18(13-28(14)31(2,29)30)11-15-3-5-16(21)6-4-15/h3-6,14,17-18H,7-13H2,1-2H3,(H3,22,23,24,25). The monoisotopic (exact) mass is 467 g/mol. The van der Waals surface area contributed by atoms with Crippen LogP contribution in [-0.4, -0.2) is 83.4 Å². The van der Waals surface area contributed by atoms with Crippen molar-refractivity contribution in [2.45, 2.75) is 44.3 Å². The lowest BCUT2D eigenvalue weighted by atomic mass is 9.95. The van der Waals surface area contributed by atoms with Gasteiger partial charge in [0.15, 0.2) is 0 Å². The van der Waals surface area contributed by atoms with Crippen LogP contribution >= 0.6 is 11.6 Å². The van der Waals surface area contributed by atoms with Gasteiger partial charge in [-0.05, 0) is 43.9 Å². The third-order valence-electron chi connectivity index (χ3n) is 6.34. The molecule has 0 spiro atoms. The van der Waals surface area contributed by atoms with Crippen molar-refractivity contribution in [3.05, 3.63) is 34.9 Å². The summed E-state index contributed by atoms with van der Waals surface area (Å²) in [5.41, 5.74) is 6.83. The van der Waals surface area contributed by atoms with E-state index in [4.69, 9.17) is 17.3 Å². The van der Waals surface area contributed by atoms with Gasteiger partial charge in [-0.15, -0.1) is 5.10 Å². The maximum absolute atomic E-state index is 12.4. The van der Waals surface area contributed by atoms with Crippen molar-refractivity contribution in [3.8, 4) is 0 Å². The Morgan fingerprint density at radius 2 is 1.87 bits per heavy atom. The summed E-state index contributed by atoms with van der Waals surface area (Å²) in [6.07, 6.45) is 4.03. The Morgan fingerprint density at radius 1 is 1.19 bits per heavy atom. The highest BCUT2D eigenvalue weighted by molar-refractivity contribution is 7.88. The number of nitrogens with zero attached hydrogens (tertiary/aromatic N) is 5. The maximum atomic E-state index is 12.4. The lowest BCUT2D eigenvalue weighted by Gasteiger charge is -2.49. The Kier molecular flexibility index (Phi) is 6.43. The number of nitrogens with one attached hydrogen (secondary N) is 1. The third-order valence-corrected chi connectivity index (χ3v) is 7.96. The molecule has 11 heteroatoms. The number of nitrogen functional groups attached to an aromatic ring is 1. The summed E-state index contributed by atoms with van der Waals surface area (Å²) in [7, 11) is -3.26. The van der Waals surface area contributed by atoms with Gasteiger partial charge >= 0.3 is 0 Å². The first-order valence-electron chi connectivity index (χ1n) is 10.6. The third kappa shape index (κ3) is 5.14. The predicted octanol–water partition coefficient (Wildman–Crippen LogP) is 1.59. The summed E-state index contributed by atoms with van der Waals surface area (Å²) in [5, 5.41) is 7.57. The second-order valence-corrected chi connectivity index (χ2v) is 11.0. The van der Waals surface area contributed by atoms with Crippen LogP contribution in [-0.2, 0) is 16.4 Å². The molecular formula is C20H30ClN7O2S. The van der Waals surface area contributed by atoms with Crippen LogP contribution in [0.25, 0.3) is 0 Å². The van der Waals surface area contributed by atoms with Crippen LogP contribution in [0.2, 0.25) is 5.02 Å². The first kappa shape index (κ1) is 22.3. The van der Waals surface area contributed by atoms with E-state index in [1.807, 2.05) is 31.2 Å². The molecule has 9 nitrogen and oxygen atoms in total. The number of H-pyrrole nitrogens is 1. The molecule has 3 heterocycles. The van der Waals surface area contributed by atoms with Crippen LogP contribution in [0.3, 0.4) is 0 Å². The van der Waals surface area contributed by atoms with E-state index in [1.54, 1.807) is 4.31 Å². The molecule has 2 atom stereocenters. The number of benzene rings is 1. The Morgan fingerprint density at radius 3 is 2.45 bits per heavy atom. The molecule has 4 rings (SSSR count). The fraction of sp³-hybridized carbons (Fsp3) is 0.600. The van der Waals surface area contributed by atoms with E-state index in [-0.39, 0.29) is 12.1 Å². The van der Waals surface area contributed by atoms with E-state index in [2.05, 4.69) is 25.0 Å². The van der Waals surface area contributed by atoms with E-state index < -0.39 is 10.0 Å². The quantitative estimate of drug-likeness (QED) is 0.686. The lowest BCUT2D eigenvalue weighted by molar-refractivity contribution is 0.0362. The van der Waals surface area contributed by atoms with Crippen molar-refractivity contribution in [3.63, 3.8) is 0 Å². The Hall–Kier alpha value is -1.88. The molecule has 0 saturated carbocycles. The van der Waals surface area contributed by atoms with Gasteiger partial charge in [0.2, 0.25) is 21.9 Å². The minimum atomic E-state index is -3.26. The minimum absolute atomic E-state index is 0.0534. The Balaban J connectivity index is 1.50. The molecule has 0 bridgehead atoms. The molecule has 0 radical (unpaired) electrons. The van der Waals surface area contributed by atoms with Crippen molar-refractivity contribution >= 4 is 33.5 Å². The normalized spacial score (nSPS) is 24.5. The van der Waals surface area contributed by atoms with E-state index >= 15 is 0 Å². The van der Waals surface area contributed by atoms with Crippen molar-refractivity contribution in [1.29, 1.82) is 0 Å². The largest absolute Gasteiger partial charge is 0.368 e. The Labute approximate surface area is 188 Å². The predicted molar refractivity (Wildman–Crippen MR) is 123 cm³/mol. The zero-order valence-corrected chi connectivity index (χ0v) is 19.5. The summed E-state index contributed by atoms with van der Waals surface area (Å²) in [5.74, 6) is 0.967. The number of piperidine rings is 1. The smallest absolute Gasteiger partial charge is 0.246 e. The molecule has 0 amide bonds. The van der Waals surface area contributed by atoms with Crippen LogP contribution in [0.4, 0.5) is 11.9 Å². The van der Waals surface area contributed by atoms with Crippen LogP contribution < -0.4 is 10.6 Å². The zero-order chi connectivity index (χ0) is 22.2. The highest BCUT2D eigenvalue weighted by atomic mass is 35.5. The number of anilines is 2. The number of sulfonamides is 1. The summed E-state index contributed by atoms with van der Waals surface area (Å²) in [6, 6.07) is 8.28. The summed E-state index contributed by atoms with van der Waals surface area (Å²) in [6.45, 7) is 4.91. The number of hydrogen-bond acceptors (Lipinski definition) is 7. The average molecular weight is 468 g/mol. The molecule has 2 aromatic rings. The van der Waals surface area contributed by atoms with Gasteiger partial charge in [0.1, 0.15) is 0 Å². The fourth-order valence-corrected chi connectivity index (χ4v) is 6.11. The van der Waals surface area contributed by atoms with Gasteiger partial charge in [-0.3, -0.25) is 4.90 Å². The number of aromatic amines is 1. The van der Waals surface area contributed by atoms with Gasteiger partial charge in [0.25, 0.3) is 0 Å². The molecule has 2 fully saturated rings. The molecular weight excluding hydrogens is 438 g/mol. The molecule has 31 heavy (non-hydrogen) atoms. The number of rotatable bonds is 5. The van der Waals surface area contributed by atoms with Crippen molar-refractivity contribution in [2.24, 2.45) is 0 Å². The zero-order valence-electron chi connectivity index (χ0n) is 17.9. The van der Waals surface area contributed by atoms with Gasteiger partial charge in [-0.2, -0.15) is 9.29 Å². The summed E-state index contributed by atoms with van der Waals surface area (Å²) < 4.78 is 26.4. The second kappa shape index (κ2) is 8.93. The number of halogens is 1. The van der Waals surface area contributed by atoms with Gasteiger partial charge in [0, 0.05) is 49.3 Å². The summed E-state index contributed by atoms with van der Waals surface area (Å²) in [4.78, 5) is 8.90. The number of aromatic nitrogens is 3. The van der Waals surface area contributed by atoms with E-state index in [0.717, 1.165) is 44.5 Å². The molecule has 1 aromatic heterocycles. The van der Waals surface area contributed by atoms with Crippen molar-refractivity contribution in [1.82, 2.24) is 24.4 Å².